The van der Waals surface area contributed by atoms with Crippen LogP contribution in [0.2, 0.25) is 0 Å². The summed E-state index contributed by atoms with van der Waals surface area (Å²) >= 11 is 3.47. The molecular formula is C19H29BrN2O2. The number of rotatable bonds is 4. The molecule has 1 atom stereocenters. The van der Waals surface area contributed by atoms with Gasteiger partial charge in [0.15, 0.2) is 0 Å². The molecular weight excluding hydrogens is 368 g/mol. The lowest BCUT2D eigenvalue weighted by molar-refractivity contribution is 0.00142. The van der Waals surface area contributed by atoms with Crippen LogP contribution in [0.1, 0.15) is 39.7 Å². The average Bonchev–Trinajstić information content (AvgIpc) is 2.47. The molecule has 1 heterocycles. The van der Waals surface area contributed by atoms with Crippen LogP contribution in [0.5, 0.6) is 0 Å². The molecule has 0 aliphatic carbocycles. The van der Waals surface area contributed by atoms with Gasteiger partial charge in [0.25, 0.3) is 0 Å². The van der Waals surface area contributed by atoms with E-state index < -0.39 is 5.60 Å². The van der Waals surface area contributed by atoms with E-state index in [0.29, 0.717) is 0 Å². The van der Waals surface area contributed by atoms with Crippen LogP contribution in [-0.4, -0.2) is 53.7 Å². The normalized spacial score (nSPS) is 19.4. The van der Waals surface area contributed by atoms with Crippen LogP contribution in [0, 0.1) is 0 Å². The molecule has 2 rings (SSSR count). The first-order chi connectivity index (χ1) is 11.2. The smallest absolute Gasteiger partial charge is 0.410 e. The third-order valence-corrected chi connectivity index (χ3v) is 4.72. The van der Waals surface area contributed by atoms with E-state index in [0.717, 1.165) is 43.5 Å². The number of piperazine rings is 1. The molecule has 1 aliphatic rings. The summed E-state index contributed by atoms with van der Waals surface area (Å²) < 4.78 is 6.62. The lowest BCUT2D eigenvalue weighted by Crippen LogP contribution is -2.55. The minimum atomic E-state index is -0.432. The molecule has 0 aromatic heterocycles. The molecule has 1 amide bonds. The highest BCUT2D eigenvalue weighted by atomic mass is 79.9. The van der Waals surface area contributed by atoms with Gasteiger partial charge in [0.2, 0.25) is 0 Å². The van der Waals surface area contributed by atoms with Crippen molar-refractivity contribution in [3.05, 3.63) is 34.3 Å². The Balaban J connectivity index is 1.74. The van der Waals surface area contributed by atoms with Crippen LogP contribution in [0.25, 0.3) is 0 Å². The molecule has 0 radical (unpaired) electrons. The lowest BCUT2D eigenvalue weighted by Gasteiger charge is -2.40. The standard InChI is InChI=1S/C19H29BrN2O2/c1-15-14-21(11-5-6-16-7-9-17(20)10-8-16)12-13-22(15)18(23)24-19(2,3)4/h7-10,15H,5-6,11-14H2,1-4H3/t15-/m1/s1. The van der Waals surface area contributed by atoms with Crippen molar-refractivity contribution in [1.29, 1.82) is 0 Å². The number of carbonyl (C=O) groups is 1. The second kappa shape index (κ2) is 8.34. The Kier molecular flexibility index (Phi) is 6.70. The fraction of sp³-hybridized carbons (Fsp3) is 0.632. The van der Waals surface area contributed by atoms with Crippen molar-refractivity contribution in [2.24, 2.45) is 0 Å². The maximum Gasteiger partial charge on any atom is 0.410 e. The van der Waals surface area contributed by atoms with Crippen molar-refractivity contribution >= 4 is 22.0 Å². The summed E-state index contributed by atoms with van der Waals surface area (Å²) in [5, 5.41) is 0. The van der Waals surface area contributed by atoms with Gasteiger partial charge >= 0.3 is 6.09 Å². The van der Waals surface area contributed by atoms with Gasteiger partial charge in [-0.2, -0.15) is 0 Å². The summed E-state index contributed by atoms with van der Waals surface area (Å²) in [6.45, 7) is 11.5. The van der Waals surface area contributed by atoms with Crippen LogP contribution >= 0.6 is 15.9 Å². The van der Waals surface area contributed by atoms with E-state index in [1.165, 1.54) is 5.56 Å². The number of ether oxygens (including phenoxy) is 1. The number of aryl methyl sites for hydroxylation is 1. The van der Waals surface area contributed by atoms with E-state index in [1.54, 1.807) is 0 Å². The molecule has 0 saturated carbocycles. The highest BCUT2D eigenvalue weighted by molar-refractivity contribution is 9.10. The van der Waals surface area contributed by atoms with E-state index in [-0.39, 0.29) is 12.1 Å². The maximum absolute atomic E-state index is 12.2. The number of halogens is 1. The van der Waals surface area contributed by atoms with E-state index >= 15 is 0 Å². The molecule has 1 aliphatic heterocycles. The Morgan fingerprint density at radius 2 is 1.92 bits per heavy atom. The van der Waals surface area contributed by atoms with Crippen LogP contribution < -0.4 is 0 Å². The van der Waals surface area contributed by atoms with Gasteiger partial charge in [-0.05, 0) is 64.8 Å². The van der Waals surface area contributed by atoms with Gasteiger partial charge in [-0.25, -0.2) is 4.79 Å². The van der Waals surface area contributed by atoms with Crippen molar-refractivity contribution in [1.82, 2.24) is 9.80 Å². The summed E-state index contributed by atoms with van der Waals surface area (Å²) in [6.07, 6.45) is 2.04. The lowest BCUT2D eigenvalue weighted by atomic mass is 10.1. The highest BCUT2D eigenvalue weighted by Gasteiger charge is 2.30. The van der Waals surface area contributed by atoms with Crippen molar-refractivity contribution in [2.45, 2.75) is 52.2 Å². The fourth-order valence-corrected chi connectivity index (χ4v) is 3.25. The predicted octanol–water partition coefficient (Wildman–Crippen LogP) is 4.32. The number of amides is 1. The van der Waals surface area contributed by atoms with Crippen LogP contribution in [0.3, 0.4) is 0 Å². The van der Waals surface area contributed by atoms with Gasteiger partial charge in [-0.1, -0.05) is 28.1 Å². The molecule has 1 fully saturated rings. The first-order valence-electron chi connectivity index (χ1n) is 8.71. The Hall–Kier alpha value is -1.07. The molecule has 24 heavy (non-hydrogen) atoms. The van der Waals surface area contributed by atoms with Crippen LogP contribution in [-0.2, 0) is 11.2 Å². The minimum absolute atomic E-state index is 0.190. The summed E-state index contributed by atoms with van der Waals surface area (Å²) in [7, 11) is 0. The first-order valence-corrected chi connectivity index (χ1v) is 9.50. The van der Waals surface area contributed by atoms with Crippen LogP contribution in [0.15, 0.2) is 28.7 Å². The topological polar surface area (TPSA) is 32.8 Å². The Bertz CT molecular complexity index is 539. The number of benzene rings is 1. The highest BCUT2D eigenvalue weighted by Crippen LogP contribution is 2.16. The van der Waals surface area contributed by atoms with E-state index in [9.17, 15) is 4.79 Å². The molecule has 0 N–H and O–H groups in total. The molecule has 0 unspecified atom stereocenters. The molecule has 1 aromatic carbocycles. The molecule has 134 valence electrons. The molecule has 0 bridgehead atoms. The van der Waals surface area contributed by atoms with Crippen molar-refractivity contribution in [3.63, 3.8) is 0 Å². The zero-order chi connectivity index (χ0) is 17.7. The van der Waals surface area contributed by atoms with Gasteiger partial charge in [0, 0.05) is 30.1 Å². The van der Waals surface area contributed by atoms with E-state index in [4.69, 9.17) is 4.74 Å². The molecule has 5 heteroatoms. The third kappa shape index (κ3) is 6.10. The number of nitrogens with zero attached hydrogens (tertiary/aromatic N) is 2. The quantitative estimate of drug-likeness (QED) is 0.759. The minimum Gasteiger partial charge on any atom is -0.444 e. The van der Waals surface area contributed by atoms with Crippen molar-refractivity contribution < 1.29 is 9.53 Å². The maximum atomic E-state index is 12.2. The van der Waals surface area contributed by atoms with Gasteiger partial charge in [0.05, 0.1) is 0 Å². The number of hydrogen-bond acceptors (Lipinski definition) is 3. The zero-order valence-corrected chi connectivity index (χ0v) is 16.8. The van der Waals surface area contributed by atoms with Gasteiger partial charge in [-0.3, -0.25) is 4.90 Å². The van der Waals surface area contributed by atoms with E-state index in [1.807, 2.05) is 25.7 Å². The third-order valence-electron chi connectivity index (χ3n) is 4.19. The number of carbonyl (C=O) groups excluding carboxylic acids is 1. The SMILES string of the molecule is C[C@@H]1CN(CCCc2ccc(Br)cc2)CCN1C(=O)OC(C)(C)C. The van der Waals surface area contributed by atoms with Crippen LogP contribution in [0.4, 0.5) is 4.79 Å². The Morgan fingerprint density at radius 3 is 2.50 bits per heavy atom. The Morgan fingerprint density at radius 1 is 1.25 bits per heavy atom. The number of hydrogen-bond donors (Lipinski definition) is 0. The predicted molar refractivity (Wildman–Crippen MR) is 101 cm³/mol. The zero-order valence-electron chi connectivity index (χ0n) is 15.2. The van der Waals surface area contributed by atoms with Crippen molar-refractivity contribution in [3.8, 4) is 0 Å². The van der Waals surface area contributed by atoms with Crippen molar-refractivity contribution in [2.75, 3.05) is 26.2 Å². The fourth-order valence-electron chi connectivity index (χ4n) is 2.99. The summed E-state index contributed by atoms with van der Waals surface area (Å²) in [6, 6.07) is 8.73. The van der Waals surface area contributed by atoms with E-state index in [2.05, 4.69) is 52.0 Å². The molecule has 0 spiro atoms. The van der Waals surface area contributed by atoms with Gasteiger partial charge in [-0.15, -0.1) is 0 Å². The average molecular weight is 397 g/mol. The summed E-state index contributed by atoms with van der Waals surface area (Å²) in [5.41, 5.74) is 0.942. The van der Waals surface area contributed by atoms with Gasteiger partial charge < -0.3 is 9.64 Å². The first kappa shape index (κ1) is 19.3. The largest absolute Gasteiger partial charge is 0.444 e. The summed E-state index contributed by atoms with van der Waals surface area (Å²) in [4.78, 5) is 16.5. The second-order valence-electron chi connectivity index (χ2n) is 7.55. The Labute approximate surface area is 154 Å². The second-order valence-corrected chi connectivity index (χ2v) is 8.47. The molecule has 1 aromatic rings. The van der Waals surface area contributed by atoms with Gasteiger partial charge in [0.1, 0.15) is 5.60 Å². The summed E-state index contributed by atoms with van der Waals surface area (Å²) in [5.74, 6) is 0. The molecule has 1 saturated heterocycles. The monoisotopic (exact) mass is 396 g/mol. The molecule has 4 nitrogen and oxygen atoms in total.